The normalized spacial score (nSPS) is 9.79. The van der Waals surface area contributed by atoms with Gasteiger partial charge in [-0.25, -0.2) is 9.37 Å². The van der Waals surface area contributed by atoms with Crippen LogP contribution < -0.4 is 0 Å². The van der Waals surface area contributed by atoms with Gasteiger partial charge in [-0.15, -0.1) is 0 Å². The number of aryl methyl sites for hydroxylation is 1. The number of hydrogen-bond acceptors (Lipinski definition) is 1. The molecular formula is C10H12ClFN2. The Labute approximate surface area is 87.1 Å². The zero-order chi connectivity index (χ0) is 10.7. The minimum Gasteiger partial charge on any atom is -0.342 e. The van der Waals surface area contributed by atoms with E-state index in [0.717, 1.165) is 11.3 Å². The molecule has 4 heteroatoms. The summed E-state index contributed by atoms with van der Waals surface area (Å²) in [5.74, 6) is 0.299. The number of aromatic amines is 1. The van der Waals surface area contributed by atoms with Gasteiger partial charge in [0.15, 0.2) is 0 Å². The van der Waals surface area contributed by atoms with Crippen LogP contribution in [0.1, 0.15) is 19.7 Å². The van der Waals surface area contributed by atoms with Gasteiger partial charge in [0.25, 0.3) is 0 Å². The summed E-state index contributed by atoms with van der Waals surface area (Å²) in [6.07, 6.45) is 0. The Kier molecular flexibility index (Phi) is 3.47. The molecule has 2 rings (SSSR count). The topological polar surface area (TPSA) is 28.7 Å². The summed E-state index contributed by atoms with van der Waals surface area (Å²) < 4.78 is 12.9. The average molecular weight is 215 g/mol. The number of nitrogens with one attached hydrogen (secondary N) is 1. The summed E-state index contributed by atoms with van der Waals surface area (Å²) in [5, 5.41) is 0.0804. The number of aromatic nitrogens is 2. The summed E-state index contributed by atoms with van der Waals surface area (Å²) in [7, 11) is 0. The lowest BCUT2D eigenvalue weighted by Crippen LogP contribution is -1.77. The highest BCUT2D eigenvalue weighted by molar-refractivity contribution is 6.35. The molecule has 76 valence electrons. The first kappa shape index (κ1) is 11.0. The molecule has 0 fully saturated rings. The van der Waals surface area contributed by atoms with Crippen molar-refractivity contribution in [2.75, 3.05) is 0 Å². The maximum Gasteiger partial charge on any atom is 0.144 e. The van der Waals surface area contributed by atoms with E-state index in [1.54, 1.807) is 13.0 Å². The molecule has 0 spiro atoms. The molecule has 0 radical (unpaired) electrons. The second-order valence-corrected chi connectivity index (χ2v) is 2.96. The molecule has 0 aliphatic carbocycles. The van der Waals surface area contributed by atoms with Crippen molar-refractivity contribution < 1.29 is 4.39 Å². The van der Waals surface area contributed by atoms with Gasteiger partial charge in [-0.1, -0.05) is 25.4 Å². The number of fused-ring (bicyclic) bond motifs is 1. The monoisotopic (exact) mass is 214 g/mol. The molecule has 0 amide bonds. The molecule has 2 nitrogen and oxygen atoms in total. The standard InChI is InChI=1S/C8H6ClFN2.C2H6/c1-4-11-6-3-2-5(10)7(9)8(6)12-4;1-2/h2-3H,1H3,(H,11,12);1-2H3. The van der Waals surface area contributed by atoms with Crippen LogP contribution in [0.4, 0.5) is 4.39 Å². The van der Waals surface area contributed by atoms with Crippen molar-refractivity contribution in [1.82, 2.24) is 9.97 Å². The van der Waals surface area contributed by atoms with Crippen molar-refractivity contribution in [3.63, 3.8) is 0 Å². The van der Waals surface area contributed by atoms with E-state index in [9.17, 15) is 4.39 Å². The van der Waals surface area contributed by atoms with Crippen molar-refractivity contribution in [2.45, 2.75) is 20.8 Å². The Morgan fingerprint density at radius 3 is 2.64 bits per heavy atom. The van der Waals surface area contributed by atoms with E-state index >= 15 is 0 Å². The molecule has 1 aromatic carbocycles. The Morgan fingerprint density at radius 1 is 1.36 bits per heavy atom. The fourth-order valence-electron chi connectivity index (χ4n) is 1.14. The third-order valence-electron chi connectivity index (χ3n) is 1.66. The van der Waals surface area contributed by atoms with Crippen LogP contribution in [-0.4, -0.2) is 9.97 Å². The third-order valence-corrected chi connectivity index (χ3v) is 2.02. The fraction of sp³-hybridized carbons (Fsp3) is 0.300. The number of H-pyrrole nitrogens is 1. The maximum atomic E-state index is 12.9. The summed E-state index contributed by atoms with van der Waals surface area (Å²) in [6.45, 7) is 5.80. The minimum absolute atomic E-state index is 0.0804. The number of rotatable bonds is 0. The van der Waals surface area contributed by atoms with Gasteiger partial charge in [-0.2, -0.15) is 0 Å². The Balaban J connectivity index is 0.000000461. The predicted octanol–water partition coefficient (Wildman–Crippen LogP) is 3.69. The van der Waals surface area contributed by atoms with Gasteiger partial charge in [0.1, 0.15) is 22.2 Å². The van der Waals surface area contributed by atoms with Gasteiger partial charge in [0.05, 0.1) is 5.52 Å². The van der Waals surface area contributed by atoms with Gasteiger partial charge in [0.2, 0.25) is 0 Å². The fourth-order valence-corrected chi connectivity index (χ4v) is 1.35. The lowest BCUT2D eigenvalue weighted by Gasteiger charge is -1.92. The second-order valence-electron chi connectivity index (χ2n) is 2.58. The van der Waals surface area contributed by atoms with Crippen molar-refractivity contribution in [1.29, 1.82) is 0 Å². The van der Waals surface area contributed by atoms with E-state index in [4.69, 9.17) is 11.6 Å². The average Bonchev–Trinajstić information content (AvgIpc) is 2.57. The maximum absolute atomic E-state index is 12.9. The van der Waals surface area contributed by atoms with Crippen molar-refractivity contribution in [3.05, 3.63) is 28.8 Å². The number of hydrogen-bond donors (Lipinski definition) is 1. The number of benzene rings is 1. The van der Waals surface area contributed by atoms with Gasteiger partial charge in [0, 0.05) is 0 Å². The Bertz CT molecular complexity index is 437. The zero-order valence-electron chi connectivity index (χ0n) is 8.36. The van der Waals surface area contributed by atoms with Crippen LogP contribution in [0.2, 0.25) is 5.02 Å². The summed E-state index contributed by atoms with van der Waals surface area (Å²) >= 11 is 5.68. The molecule has 0 saturated heterocycles. The van der Waals surface area contributed by atoms with Gasteiger partial charge >= 0.3 is 0 Å². The van der Waals surface area contributed by atoms with Crippen molar-refractivity contribution in [3.8, 4) is 0 Å². The van der Waals surface area contributed by atoms with E-state index in [1.807, 2.05) is 13.8 Å². The van der Waals surface area contributed by atoms with E-state index in [2.05, 4.69) is 9.97 Å². The second kappa shape index (κ2) is 4.42. The number of nitrogens with zero attached hydrogens (tertiary/aromatic N) is 1. The van der Waals surface area contributed by atoms with Gasteiger partial charge in [-0.3, -0.25) is 0 Å². The van der Waals surface area contributed by atoms with E-state index in [0.29, 0.717) is 5.52 Å². The molecule has 2 aromatic rings. The Hall–Kier alpha value is -1.09. The quantitative estimate of drug-likeness (QED) is 0.712. The molecule has 1 aromatic heterocycles. The first-order chi connectivity index (χ1) is 6.68. The van der Waals surface area contributed by atoms with Crippen LogP contribution >= 0.6 is 11.6 Å². The predicted molar refractivity (Wildman–Crippen MR) is 57.1 cm³/mol. The van der Waals surface area contributed by atoms with Crippen LogP contribution in [0.3, 0.4) is 0 Å². The highest BCUT2D eigenvalue weighted by Crippen LogP contribution is 2.23. The highest BCUT2D eigenvalue weighted by Gasteiger charge is 2.07. The molecule has 1 N–H and O–H groups in total. The van der Waals surface area contributed by atoms with Gasteiger partial charge < -0.3 is 4.98 Å². The molecule has 0 saturated carbocycles. The van der Waals surface area contributed by atoms with Crippen molar-refractivity contribution in [2.24, 2.45) is 0 Å². The lowest BCUT2D eigenvalue weighted by molar-refractivity contribution is 0.630. The molecule has 0 bridgehead atoms. The molecular weight excluding hydrogens is 203 g/mol. The van der Waals surface area contributed by atoms with E-state index in [-0.39, 0.29) is 5.02 Å². The largest absolute Gasteiger partial charge is 0.342 e. The van der Waals surface area contributed by atoms with Crippen LogP contribution in [-0.2, 0) is 0 Å². The Morgan fingerprint density at radius 2 is 2.00 bits per heavy atom. The first-order valence-electron chi connectivity index (χ1n) is 4.49. The molecule has 0 unspecified atom stereocenters. The summed E-state index contributed by atoms with van der Waals surface area (Å²) in [5.41, 5.74) is 1.26. The zero-order valence-corrected chi connectivity index (χ0v) is 9.11. The number of imidazole rings is 1. The van der Waals surface area contributed by atoms with Crippen LogP contribution in [0.15, 0.2) is 12.1 Å². The van der Waals surface area contributed by atoms with E-state index < -0.39 is 5.82 Å². The van der Waals surface area contributed by atoms with E-state index in [1.165, 1.54) is 6.07 Å². The minimum atomic E-state index is -0.435. The number of halogens is 2. The lowest BCUT2D eigenvalue weighted by atomic mass is 10.3. The van der Waals surface area contributed by atoms with Crippen LogP contribution in [0.25, 0.3) is 11.0 Å². The summed E-state index contributed by atoms with van der Waals surface area (Å²) in [4.78, 5) is 7.01. The summed E-state index contributed by atoms with van der Waals surface area (Å²) in [6, 6.07) is 2.94. The molecule has 0 aliphatic rings. The van der Waals surface area contributed by atoms with Crippen LogP contribution in [0, 0.1) is 12.7 Å². The molecule has 0 aliphatic heterocycles. The highest BCUT2D eigenvalue weighted by atomic mass is 35.5. The molecule has 14 heavy (non-hydrogen) atoms. The van der Waals surface area contributed by atoms with Crippen molar-refractivity contribution >= 4 is 22.6 Å². The first-order valence-corrected chi connectivity index (χ1v) is 4.86. The smallest absolute Gasteiger partial charge is 0.144 e. The molecule has 0 atom stereocenters. The molecule has 1 heterocycles. The van der Waals surface area contributed by atoms with Crippen LogP contribution in [0.5, 0.6) is 0 Å². The SMILES string of the molecule is CC.Cc1nc2c(Cl)c(F)ccc2[nH]1. The third kappa shape index (κ3) is 1.87. The van der Waals surface area contributed by atoms with Gasteiger partial charge in [-0.05, 0) is 19.1 Å².